The molecule has 0 atom stereocenters. The number of ether oxygens (including phenoxy) is 1. The van der Waals surface area contributed by atoms with Crippen molar-refractivity contribution < 1.29 is 17.9 Å². The van der Waals surface area contributed by atoms with Crippen molar-refractivity contribution in [2.45, 2.75) is 38.3 Å². The molecule has 4 rings (SSSR count). The van der Waals surface area contributed by atoms with Crippen LogP contribution >= 0.6 is 0 Å². The Labute approximate surface area is 187 Å². The topological polar surface area (TPSA) is 116 Å². The Bertz CT molecular complexity index is 1130. The van der Waals surface area contributed by atoms with Gasteiger partial charge in [0.15, 0.2) is 5.82 Å². The molecule has 32 heavy (non-hydrogen) atoms. The first-order valence-electron chi connectivity index (χ1n) is 10.8. The summed E-state index contributed by atoms with van der Waals surface area (Å²) in [5.74, 6) is 1.03. The Kier molecular flexibility index (Phi) is 6.38. The molecular formula is C21H29N5O5S. The number of nitrogens with zero attached hydrogens (tertiary/aromatic N) is 4. The van der Waals surface area contributed by atoms with Crippen LogP contribution in [0, 0.1) is 5.92 Å². The van der Waals surface area contributed by atoms with Crippen LogP contribution in [0.2, 0.25) is 0 Å². The van der Waals surface area contributed by atoms with Gasteiger partial charge >= 0.3 is 5.69 Å². The zero-order valence-corrected chi connectivity index (χ0v) is 19.2. The lowest BCUT2D eigenvalue weighted by atomic mass is 9.97. The quantitative estimate of drug-likeness (QED) is 0.620. The molecule has 2 heterocycles. The van der Waals surface area contributed by atoms with E-state index < -0.39 is 10.0 Å². The molecule has 0 bridgehead atoms. The normalized spacial score (nSPS) is 17.9. The minimum Gasteiger partial charge on any atom is -0.497 e. The molecule has 2 aromatic rings. The van der Waals surface area contributed by atoms with Crippen LogP contribution < -0.4 is 15.7 Å². The summed E-state index contributed by atoms with van der Waals surface area (Å²) in [5, 5.41) is 7.42. The predicted molar refractivity (Wildman–Crippen MR) is 119 cm³/mol. The SMILES string of the molecule is COc1ccc(-c2nn(CCNC(=O)C3CCN(S(C)(=O)=O)CC3)c(=O)n2C2CC2)cc1. The van der Waals surface area contributed by atoms with Gasteiger partial charge in [0.05, 0.1) is 19.9 Å². The second-order valence-electron chi connectivity index (χ2n) is 8.39. The molecule has 1 aromatic carbocycles. The molecule has 1 saturated heterocycles. The summed E-state index contributed by atoms with van der Waals surface area (Å²) in [6.45, 7) is 1.27. The van der Waals surface area contributed by atoms with E-state index in [-0.39, 0.29) is 36.6 Å². The highest BCUT2D eigenvalue weighted by atomic mass is 32.2. The zero-order chi connectivity index (χ0) is 22.9. The molecule has 1 aliphatic carbocycles. The number of nitrogens with one attached hydrogen (secondary N) is 1. The van der Waals surface area contributed by atoms with Gasteiger partial charge in [-0.05, 0) is 49.9 Å². The largest absolute Gasteiger partial charge is 0.497 e. The molecule has 11 heteroatoms. The monoisotopic (exact) mass is 463 g/mol. The number of benzene rings is 1. The van der Waals surface area contributed by atoms with Crippen molar-refractivity contribution in [3.63, 3.8) is 0 Å². The Morgan fingerprint density at radius 3 is 2.38 bits per heavy atom. The fourth-order valence-corrected chi connectivity index (χ4v) is 4.92. The maximum absolute atomic E-state index is 12.9. The highest BCUT2D eigenvalue weighted by molar-refractivity contribution is 7.88. The number of aromatic nitrogens is 3. The van der Waals surface area contributed by atoms with Gasteiger partial charge in [-0.2, -0.15) is 0 Å². The number of carbonyl (C=O) groups is 1. The van der Waals surface area contributed by atoms with Crippen LogP contribution in [0.25, 0.3) is 11.4 Å². The van der Waals surface area contributed by atoms with Crippen LogP contribution in [0.15, 0.2) is 29.1 Å². The zero-order valence-electron chi connectivity index (χ0n) is 18.4. The Morgan fingerprint density at radius 2 is 1.81 bits per heavy atom. The number of methoxy groups -OCH3 is 1. The van der Waals surface area contributed by atoms with Gasteiger partial charge in [0.2, 0.25) is 15.9 Å². The summed E-state index contributed by atoms with van der Waals surface area (Å²) in [6.07, 6.45) is 4.09. The first-order valence-corrected chi connectivity index (χ1v) is 12.7. The number of carbonyl (C=O) groups excluding carboxylic acids is 1. The lowest BCUT2D eigenvalue weighted by Gasteiger charge is -2.29. The van der Waals surface area contributed by atoms with Gasteiger partial charge in [-0.25, -0.2) is 22.2 Å². The molecule has 1 amide bonds. The van der Waals surface area contributed by atoms with E-state index in [0.29, 0.717) is 31.8 Å². The molecule has 10 nitrogen and oxygen atoms in total. The first-order chi connectivity index (χ1) is 15.3. The standard InChI is InChI=1S/C21H29N5O5S/c1-31-18-7-3-15(4-8-18)19-23-25(21(28)26(19)17-5-6-17)14-11-22-20(27)16-9-12-24(13-10-16)32(2,29)30/h3-4,7-8,16-17H,5-6,9-14H2,1-2H3,(H,22,27). The molecule has 2 aliphatic rings. The highest BCUT2D eigenvalue weighted by Crippen LogP contribution is 2.36. The molecule has 1 aliphatic heterocycles. The van der Waals surface area contributed by atoms with E-state index in [9.17, 15) is 18.0 Å². The van der Waals surface area contributed by atoms with E-state index >= 15 is 0 Å². The Balaban J connectivity index is 1.38. The van der Waals surface area contributed by atoms with Crippen LogP contribution in [-0.2, 0) is 21.4 Å². The average Bonchev–Trinajstić information content (AvgIpc) is 3.57. The second-order valence-corrected chi connectivity index (χ2v) is 10.4. The van der Waals surface area contributed by atoms with E-state index in [4.69, 9.17) is 4.74 Å². The van der Waals surface area contributed by atoms with Gasteiger partial charge < -0.3 is 10.1 Å². The van der Waals surface area contributed by atoms with Crippen molar-refractivity contribution >= 4 is 15.9 Å². The van der Waals surface area contributed by atoms with E-state index in [0.717, 1.165) is 24.2 Å². The van der Waals surface area contributed by atoms with E-state index in [1.165, 1.54) is 15.2 Å². The molecule has 0 spiro atoms. The third kappa shape index (κ3) is 4.88. The van der Waals surface area contributed by atoms with Gasteiger partial charge in [-0.3, -0.25) is 9.36 Å². The number of rotatable bonds is 8. The van der Waals surface area contributed by atoms with Crippen molar-refractivity contribution in [2.24, 2.45) is 5.92 Å². The molecule has 2 fully saturated rings. The molecule has 0 radical (unpaired) electrons. The van der Waals surface area contributed by atoms with Crippen LogP contribution in [-0.4, -0.2) is 66.0 Å². The summed E-state index contributed by atoms with van der Waals surface area (Å²) in [5.41, 5.74) is 0.671. The average molecular weight is 464 g/mol. The van der Waals surface area contributed by atoms with E-state index in [2.05, 4.69) is 10.4 Å². The lowest BCUT2D eigenvalue weighted by Crippen LogP contribution is -2.43. The molecular weight excluding hydrogens is 434 g/mol. The number of sulfonamides is 1. The van der Waals surface area contributed by atoms with E-state index in [1.54, 1.807) is 11.7 Å². The third-order valence-corrected chi connectivity index (χ3v) is 7.35. The van der Waals surface area contributed by atoms with Crippen molar-refractivity contribution in [1.29, 1.82) is 0 Å². The van der Waals surface area contributed by atoms with E-state index in [1.807, 2.05) is 24.3 Å². The predicted octanol–water partition coefficient (Wildman–Crippen LogP) is 0.843. The van der Waals surface area contributed by atoms with Crippen molar-refractivity contribution in [1.82, 2.24) is 24.0 Å². The lowest BCUT2D eigenvalue weighted by molar-refractivity contribution is -0.126. The summed E-state index contributed by atoms with van der Waals surface area (Å²) < 4.78 is 33.0. The summed E-state index contributed by atoms with van der Waals surface area (Å²) in [6, 6.07) is 7.61. The van der Waals surface area contributed by atoms with Crippen LogP contribution in [0.3, 0.4) is 0 Å². The van der Waals surface area contributed by atoms with Crippen molar-refractivity contribution in [3.8, 4) is 17.1 Å². The van der Waals surface area contributed by atoms with Crippen LogP contribution in [0.5, 0.6) is 5.75 Å². The third-order valence-electron chi connectivity index (χ3n) is 6.05. The van der Waals surface area contributed by atoms with Crippen LogP contribution in [0.1, 0.15) is 31.7 Å². The smallest absolute Gasteiger partial charge is 0.346 e. The van der Waals surface area contributed by atoms with Crippen molar-refractivity contribution in [3.05, 3.63) is 34.7 Å². The number of hydrogen-bond donors (Lipinski definition) is 1. The molecule has 1 aromatic heterocycles. The number of amides is 1. The highest BCUT2D eigenvalue weighted by Gasteiger charge is 2.31. The van der Waals surface area contributed by atoms with Gasteiger partial charge in [0.25, 0.3) is 0 Å². The van der Waals surface area contributed by atoms with Gasteiger partial charge in [0, 0.05) is 37.2 Å². The maximum atomic E-state index is 12.9. The first kappa shape index (κ1) is 22.5. The molecule has 1 N–H and O–H groups in total. The fourth-order valence-electron chi connectivity index (χ4n) is 4.04. The molecule has 174 valence electrons. The van der Waals surface area contributed by atoms with Gasteiger partial charge in [-0.1, -0.05) is 0 Å². The fraction of sp³-hybridized carbons (Fsp3) is 0.571. The minimum atomic E-state index is -3.22. The van der Waals surface area contributed by atoms with Gasteiger partial charge in [0.1, 0.15) is 5.75 Å². The molecule has 0 unspecified atom stereocenters. The van der Waals surface area contributed by atoms with Gasteiger partial charge in [-0.15, -0.1) is 5.10 Å². The Hall–Kier alpha value is -2.66. The summed E-state index contributed by atoms with van der Waals surface area (Å²) in [7, 11) is -1.61. The molecule has 1 saturated carbocycles. The summed E-state index contributed by atoms with van der Waals surface area (Å²) >= 11 is 0. The second kappa shape index (κ2) is 9.07. The number of hydrogen-bond acceptors (Lipinski definition) is 6. The Morgan fingerprint density at radius 1 is 1.16 bits per heavy atom. The van der Waals surface area contributed by atoms with Crippen molar-refractivity contribution in [2.75, 3.05) is 33.0 Å². The van der Waals surface area contributed by atoms with Crippen LogP contribution in [0.4, 0.5) is 0 Å². The maximum Gasteiger partial charge on any atom is 0.346 e. The number of piperidine rings is 1. The minimum absolute atomic E-state index is 0.108. The summed E-state index contributed by atoms with van der Waals surface area (Å²) in [4.78, 5) is 25.4.